The number of fused-ring (bicyclic) bond motifs is 3. The monoisotopic (exact) mass is 304 g/mol. The van der Waals surface area contributed by atoms with Crippen molar-refractivity contribution in [3.63, 3.8) is 0 Å². The van der Waals surface area contributed by atoms with Crippen LogP contribution in [-0.4, -0.2) is 23.4 Å². The predicted octanol–water partition coefficient (Wildman–Crippen LogP) is 3.92. The topological polar surface area (TPSA) is 40.5 Å². The molecule has 2 heteroatoms. The van der Waals surface area contributed by atoms with Crippen molar-refractivity contribution in [3.8, 4) is 0 Å². The van der Waals surface area contributed by atoms with Crippen LogP contribution in [0.4, 0.5) is 0 Å². The van der Waals surface area contributed by atoms with Crippen molar-refractivity contribution in [3.05, 3.63) is 12.2 Å². The van der Waals surface area contributed by atoms with E-state index in [-0.39, 0.29) is 18.6 Å². The summed E-state index contributed by atoms with van der Waals surface area (Å²) < 4.78 is 0. The minimum absolute atomic E-state index is 0.165. The fraction of sp³-hybridized carbons (Fsp3) is 0.900. The van der Waals surface area contributed by atoms with Crippen molar-refractivity contribution < 1.29 is 10.2 Å². The highest BCUT2D eigenvalue weighted by molar-refractivity contribution is 5.22. The van der Waals surface area contributed by atoms with Crippen molar-refractivity contribution in [1.82, 2.24) is 0 Å². The first-order valence-electron chi connectivity index (χ1n) is 9.39. The summed E-state index contributed by atoms with van der Waals surface area (Å²) in [5.41, 5.74) is 2.13. The lowest BCUT2D eigenvalue weighted by Gasteiger charge is -2.64. The molecule has 4 aliphatic rings. The number of aliphatic hydroxyl groups excluding tert-OH is 2. The van der Waals surface area contributed by atoms with Gasteiger partial charge in [0.1, 0.15) is 0 Å². The minimum atomic E-state index is -0.221. The van der Waals surface area contributed by atoms with Gasteiger partial charge in [0.05, 0.1) is 13.2 Å². The van der Waals surface area contributed by atoms with Gasteiger partial charge in [0.15, 0.2) is 0 Å². The quantitative estimate of drug-likeness (QED) is 0.759. The normalized spacial score (nSPS) is 49.6. The molecule has 0 saturated heterocycles. The van der Waals surface area contributed by atoms with E-state index in [0.29, 0.717) is 16.7 Å². The third kappa shape index (κ3) is 1.74. The fourth-order valence-electron chi connectivity index (χ4n) is 7.73. The Morgan fingerprint density at radius 1 is 1.05 bits per heavy atom. The molecule has 2 bridgehead atoms. The van der Waals surface area contributed by atoms with Crippen molar-refractivity contribution >= 4 is 0 Å². The zero-order valence-corrected chi connectivity index (χ0v) is 14.1. The van der Waals surface area contributed by atoms with Crippen LogP contribution < -0.4 is 0 Å². The van der Waals surface area contributed by atoms with Gasteiger partial charge in [0, 0.05) is 5.41 Å². The molecule has 0 aromatic carbocycles. The summed E-state index contributed by atoms with van der Waals surface area (Å²) in [4.78, 5) is 0. The summed E-state index contributed by atoms with van der Waals surface area (Å²) in [5.74, 6) is 2.08. The van der Waals surface area contributed by atoms with Gasteiger partial charge in [-0.25, -0.2) is 0 Å². The number of rotatable bonds is 2. The van der Waals surface area contributed by atoms with Gasteiger partial charge in [-0.3, -0.25) is 0 Å². The van der Waals surface area contributed by atoms with E-state index in [4.69, 9.17) is 0 Å². The molecule has 4 rings (SSSR count). The van der Waals surface area contributed by atoms with Crippen molar-refractivity contribution in [1.29, 1.82) is 0 Å². The highest BCUT2D eigenvalue weighted by atomic mass is 16.3. The summed E-state index contributed by atoms with van der Waals surface area (Å²) >= 11 is 0. The predicted molar refractivity (Wildman–Crippen MR) is 88.3 cm³/mol. The Labute approximate surface area is 135 Å². The summed E-state index contributed by atoms with van der Waals surface area (Å²) in [6.07, 6.45) is 11.3. The molecular formula is C20H32O2. The fourth-order valence-corrected chi connectivity index (χ4v) is 7.73. The molecule has 5 atom stereocenters. The van der Waals surface area contributed by atoms with Crippen LogP contribution in [0.1, 0.15) is 64.7 Å². The molecule has 1 spiro atoms. The Hall–Kier alpha value is -0.340. The summed E-state index contributed by atoms with van der Waals surface area (Å²) in [6.45, 7) is 7.23. The highest BCUT2D eigenvalue weighted by Gasteiger charge is 2.64. The zero-order valence-electron chi connectivity index (χ0n) is 14.1. The standard InChI is InChI=1S/C20H32O2/c1-14-10-19-9-6-17-18(2,16(19)5-4-15(14)11-19)7-3-8-20(17,12-21)13-22/h15-17,21-22H,1,3-13H2,2H3/t15?,16?,17?,18-,19?/m1/s1. The first kappa shape index (κ1) is 15.2. The van der Waals surface area contributed by atoms with Crippen LogP contribution in [0.2, 0.25) is 0 Å². The number of hydrogen-bond donors (Lipinski definition) is 2. The van der Waals surface area contributed by atoms with E-state index < -0.39 is 0 Å². The SMILES string of the molecule is C=C1CC23CCC4C(CO)(CO)CCC[C@]4(C)C2CCC1C3. The van der Waals surface area contributed by atoms with E-state index in [0.717, 1.165) is 18.3 Å². The zero-order chi connectivity index (χ0) is 15.6. The maximum absolute atomic E-state index is 10.1. The minimum Gasteiger partial charge on any atom is -0.396 e. The molecule has 22 heavy (non-hydrogen) atoms. The largest absolute Gasteiger partial charge is 0.396 e. The molecule has 4 saturated carbocycles. The maximum Gasteiger partial charge on any atom is 0.0512 e. The lowest BCUT2D eigenvalue weighted by molar-refractivity contribution is -0.175. The second-order valence-electron chi connectivity index (χ2n) is 9.36. The van der Waals surface area contributed by atoms with Crippen molar-refractivity contribution in [2.45, 2.75) is 64.7 Å². The third-order valence-corrected chi connectivity index (χ3v) is 8.63. The molecule has 0 aromatic rings. The lowest BCUT2D eigenvalue weighted by Crippen LogP contribution is -2.59. The average molecular weight is 304 g/mol. The van der Waals surface area contributed by atoms with E-state index in [1.54, 1.807) is 0 Å². The Kier molecular flexibility index (Phi) is 3.34. The first-order chi connectivity index (χ1) is 10.5. The lowest BCUT2D eigenvalue weighted by atomic mass is 9.41. The molecule has 2 nitrogen and oxygen atoms in total. The van der Waals surface area contributed by atoms with Gasteiger partial charge >= 0.3 is 0 Å². The average Bonchev–Trinajstić information content (AvgIpc) is 2.75. The molecule has 0 aromatic heterocycles. The molecule has 0 amide bonds. The van der Waals surface area contributed by atoms with Crippen molar-refractivity contribution in [2.24, 2.45) is 34.0 Å². The van der Waals surface area contributed by atoms with E-state index >= 15 is 0 Å². The van der Waals surface area contributed by atoms with Gasteiger partial charge < -0.3 is 10.2 Å². The van der Waals surface area contributed by atoms with Gasteiger partial charge in [-0.1, -0.05) is 25.5 Å². The van der Waals surface area contributed by atoms with E-state index in [9.17, 15) is 10.2 Å². The Morgan fingerprint density at radius 2 is 1.82 bits per heavy atom. The second-order valence-corrected chi connectivity index (χ2v) is 9.36. The Bertz CT molecular complexity index is 480. The van der Waals surface area contributed by atoms with Crippen LogP contribution in [0.3, 0.4) is 0 Å². The Balaban J connectivity index is 1.73. The van der Waals surface area contributed by atoms with Gasteiger partial charge in [-0.05, 0) is 80.0 Å². The third-order valence-electron chi connectivity index (χ3n) is 8.63. The Morgan fingerprint density at radius 3 is 2.55 bits per heavy atom. The van der Waals surface area contributed by atoms with Crippen LogP contribution in [0, 0.1) is 34.0 Å². The van der Waals surface area contributed by atoms with Crippen LogP contribution in [0.15, 0.2) is 12.2 Å². The van der Waals surface area contributed by atoms with Gasteiger partial charge in [0.25, 0.3) is 0 Å². The van der Waals surface area contributed by atoms with Gasteiger partial charge in [-0.2, -0.15) is 0 Å². The molecule has 4 aliphatic carbocycles. The second kappa shape index (κ2) is 4.83. The number of hydrogen-bond acceptors (Lipinski definition) is 2. The molecular weight excluding hydrogens is 272 g/mol. The van der Waals surface area contributed by atoms with Gasteiger partial charge in [-0.15, -0.1) is 0 Å². The summed E-state index contributed by atoms with van der Waals surface area (Å²) in [5, 5.41) is 20.2. The van der Waals surface area contributed by atoms with E-state index in [1.165, 1.54) is 56.9 Å². The molecule has 0 radical (unpaired) electrons. The summed E-state index contributed by atoms with van der Waals surface area (Å²) in [7, 11) is 0. The molecule has 4 fully saturated rings. The number of allylic oxidation sites excluding steroid dienone is 1. The first-order valence-corrected chi connectivity index (χ1v) is 9.39. The summed E-state index contributed by atoms with van der Waals surface area (Å²) in [6, 6.07) is 0. The number of aliphatic hydroxyl groups is 2. The highest BCUT2D eigenvalue weighted by Crippen LogP contribution is 2.72. The van der Waals surface area contributed by atoms with Gasteiger partial charge in [0.2, 0.25) is 0 Å². The molecule has 0 aliphatic heterocycles. The molecule has 4 unspecified atom stereocenters. The smallest absolute Gasteiger partial charge is 0.0512 e. The van der Waals surface area contributed by atoms with Crippen molar-refractivity contribution in [2.75, 3.05) is 13.2 Å². The van der Waals surface area contributed by atoms with Crippen LogP contribution in [0.5, 0.6) is 0 Å². The van der Waals surface area contributed by atoms with Crippen LogP contribution in [0.25, 0.3) is 0 Å². The molecule has 0 heterocycles. The van der Waals surface area contributed by atoms with Crippen LogP contribution in [-0.2, 0) is 0 Å². The molecule has 124 valence electrons. The molecule has 2 N–H and O–H groups in total. The van der Waals surface area contributed by atoms with Crippen LogP contribution >= 0.6 is 0 Å². The maximum atomic E-state index is 10.1. The van der Waals surface area contributed by atoms with E-state index in [2.05, 4.69) is 13.5 Å². The van der Waals surface area contributed by atoms with E-state index in [1.807, 2.05) is 0 Å².